The van der Waals surface area contributed by atoms with Gasteiger partial charge in [0.1, 0.15) is 17.2 Å². The van der Waals surface area contributed by atoms with E-state index in [0.29, 0.717) is 42.8 Å². The van der Waals surface area contributed by atoms with Gasteiger partial charge in [0.2, 0.25) is 0 Å². The van der Waals surface area contributed by atoms with Gasteiger partial charge in [0.15, 0.2) is 5.78 Å². The maximum atomic E-state index is 12.9. The van der Waals surface area contributed by atoms with E-state index in [2.05, 4.69) is 4.98 Å². The number of hydrogen-bond acceptors (Lipinski definition) is 5. The number of ketones is 1. The van der Waals surface area contributed by atoms with E-state index in [9.17, 15) is 9.59 Å². The molecule has 0 bridgehead atoms. The van der Waals surface area contributed by atoms with Crippen molar-refractivity contribution in [1.29, 1.82) is 0 Å². The second-order valence-corrected chi connectivity index (χ2v) is 7.83. The van der Waals surface area contributed by atoms with Crippen molar-refractivity contribution in [2.24, 2.45) is 0 Å². The van der Waals surface area contributed by atoms with Gasteiger partial charge in [-0.2, -0.15) is 0 Å². The first-order chi connectivity index (χ1) is 13.5. The summed E-state index contributed by atoms with van der Waals surface area (Å²) < 4.78 is 6.31. The number of pyridine rings is 1. The molecule has 0 saturated carbocycles. The lowest BCUT2D eigenvalue weighted by Gasteiger charge is -2.37. The Hall–Kier alpha value is -2.89. The first-order valence-corrected chi connectivity index (χ1v) is 9.71. The molecule has 1 unspecified atom stereocenters. The Morgan fingerprint density at radius 3 is 2.71 bits per heavy atom. The molecule has 3 heterocycles. The number of carbonyl (C=O) groups is 2. The first-order valence-electron chi connectivity index (χ1n) is 9.71. The second kappa shape index (κ2) is 7.26. The molecule has 1 fully saturated rings. The van der Waals surface area contributed by atoms with Crippen LogP contribution in [0.25, 0.3) is 0 Å². The van der Waals surface area contributed by atoms with E-state index in [1.165, 1.54) is 0 Å². The molecule has 0 N–H and O–H groups in total. The van der Waals surface area contributed by atoms with E-state index in [-0.39, 0.29) is 11.7 Å². The Morgan fingerprint density at radius 2 is 1.96 bits per heavy atom. The van der Waals surface area contributed by atoms with Crippen LogP contribution >= 0.6 is 0 Å². The normalized spacial score (nSPS) is 21.6. The van der Waals surface area contributed by atoms with Crippen molar-refractivity contribution in [2.45, 2.75) is 31.3 Å². The highest BCUT2D eigenvalue weighted by atomic mass is 16.5. The van der Waals surface area contributed by atoms with Gasteiger partial charge in [-0.15, -0.1) is 0 Å². The summed E-state index contributed by atoms with van der Waals surface area (Å²) in [4.78, 5) is 33.7. The Bertz CT molecular complexity index is 894. The number of hydrogen-bond donors (Lipinski definition) is 0. The van der Waals surface area contributed by atoms with Gasteiger partial charge in [0, 0.05) is 39.8 Å². The quantitative estimate of drug-likeness (QED) is 0.802. The van der Waals surface area contributed by atoms with Crippen molar-refractivity contribution >= 4 is 17.5 Å². The molecule has 1 saturated heterocycles. The van der Waals surface area contributed by atoms with E-state index < -0.39 is 5.60 Å². The first kappa shape index (κ1) is 18.5. The average Bonchev–Trinajstić information content (AvgIpc) is 2.90. The summed E-state index contributed by atoms with van der Waals surface area (Å²) in [6.45, 7) is 1.24. The largest absolute Gasteiger partial charge is 0.486 e. The molecule has 1 spiro atoms. The summed E-state index contributed by atoms with van der Waals surface area (Å²) in [6, 6.07) is 11.1. The SMILES string of the molecule is CN(C)c1ccc(C(=O)N2CCCC3(CC2)CC(=O)c2ccccc2O3)cn1. The van der Waals surface area contributed by atoms with Crippen molar-refractivity contribution in [2.75, 3.05) is 32.1 Å². The lowest BCUT2D eigenvalue weighted by molar-refractivity contribution is 0.0300. The predicted octanol–water partition coefficient (Wildman–Crippen LogP) is 3.18. The van der Waals surface area contributed by atoms with Crippen LogP contribution in [0.3, 0.4) is 0 Å². The zero-order chi connectivity index (χ0) is 19.7. The zero-order valence-corrected chi connectivity index (χ0v) is 16.4. The Morgan fingerprint density at radius 1 is 1.14 bits per heavy atom. The Kier molecular flexibility index (Phi) is 4.79. The number of fused-ring (bicyclic) bond motifs is 1. The van der Waals surface area contributed by atoms with Gasteiger partial charge >= 0.3 is 0 Å². The van der Waals surface area contributed by atoms with Crippen LogP contribution in [0, 0.1) is 0 Å². The number of nitrogens with zero attached hydrogens (tertiary/aromatic N) is 3. The topological polar surface area (TPSA) is 62.7 Å². The van der Waals surface area contributed by atoms with E-state index in [4.69, 9.17) is 4.74 Å². The molecular weight excluding hydrogens is 354 g/mol. The van der Waals surface area contributed by atoms with Crippen molar-refractivity contribution in [3.8, 4) is 5.75 Å². The highest BCUT2D eigenvalue weighted by molar-refractivity contribution is 6.00. The van der Waals surface area contributed by atoms with Crippen LogP contribution in [0.5, 0.6) is 5.75 Å². The summed E-state index contributed by atoms with van der Waals surface area (Å²) in [5, 5.41) is 0. The molecule has 0 radical (unpaired) electrons. The molecule has 1 amide bonds. The number of aromatic nitrogens is 1. The monoisotopic (exact) mass is 379 g/mol. The van der Waals surface area contributed by atoms with E-state index in [0.717, 1.165) is 18.7 Å². The van der Waals surface area contributed by atoms with Crippen LogP contribution in [0.2, 0.25) is 0 Å². The molecule has 1 aromatic carbocycles. The molecule has 1 atom stereocenters. The molecule has 28 heavy (non-hydrogen) atoms. The predicted molar refractivity (Wildman–Crippen MR) is 107 cm³/mol. The molecule has 2 aliphatic heterocycles. The number of para-hydroxylation sites is 1. The van der Waals surface area contributed by atoms with Gasteiger partial charge in [0.05, 0.1) is 17.5 Å². The molecule has 146 valence electrons. The van der Waals surface area contributed by atoms with Crippen molar-refractivity contribution in [1.82, 2.24) is 9.88 Å². The molecular formula is C22H25N3O3. The van der Waals surface area contributed by atoms with E-state index in [1.807, 2.05) is 60.3 Å². The Labute approximate surface area is 165 Å². The van der Waals surface area contributed by atoms with Crippen LogP contribution in [-0.4, -0.2) is 54.4 Å². The number of Topliss-reactive ketones (excluding diaryl/α,β-unsaturated/α-hetero) is 1. The van der Waals surface area contributed by atoms with Crippen LogP contribution in [0.1, 0.15) is 46.4 Å². The Balaban J connectivity index is 1.48. The van der Waals surface area contributed by atoms with Gasteiger partial charge in [-0.1, -0.05) is 12.1 Å². The molecule has 4 rings (SSSR count). The van der Waals surface area contributed by atoms with E-state index in [1.54, 1.807) is 6.20 Å². The fourth-order valence-electron chi connectivity index (χ4n) is 4.05. The molecule has 2 aliphatic rings. The summed E-state index contributed by atoms with van der Waals surface area (Å²) in [7, 11) is 3.84. The van der Waals surface area contributed by atoms with Crippen molar-refractivity contribution < 1.29 is 14.3 Å². The summed E-state index contributed by atoms with van der Waals surface area (Å²) in [5.41, 5.74) is 0.748. The number of anilines is 1. The highest BCUT2D eigenvalue weighted by Crippen LogP contribution is 2.39. The summed E-state index contributed by atoms with van der Waals surface area (Å²) in [5.74, 6) is 1.60. The maximum absolute atomic E-state index is 12.9. The zero-order valence-electron chi connectivity index (χ0n) is 16.4. The van der Waals surface area contributed by atoms with Gasteiger partial charge in [0.25, 0.3) is 5.91 Å². The third-order valence-corrected chi connectivity index (χ3v) is 5.63. The lowest BCUT2D eigenvalue weighted by atomic mass is 9.84. The minimum atomic E-state index is -0.506. The molecule has 1 aromatic heterocycles. The maximum Gasteiger partial charge on any atom is 0.255 e. The number of benzene rings is 1. The van der Waals surface area contributed by atoms with Crippen molar-refractivity contribution in [3.63, 3.8) is 0 Å². The van der Waals surface area contributed by atoms with Gasteiger partial charge < -0.3 is 14.5 Å². The number of likely N-dealkylation sites (tertiary alicyclic amines) is 1. The van der Waals surface area contributed by atoms with Gasteiger partial charge in [-0.05, 0) is 37.1 Å². The van der Waals surface area contributed by atoms with Crippen LogP contribution in [0.15, 0.2) is 42.6 Å². The lowest BCUT2D eigenvalue weighted by Crippen LogP contribution is -2.43. The minimum absolute atomic E-state index is 0.0163. The smallest absolute Gasteiger partial charge is 0.255 e. The molecule has 6 heteroatoms. The number of ether oxygens (including phenoxy) is 1. The number of carbonyl (C=O) groups excluding carboxylic acids is 2. The van der Waals surface area contributed by atoms with Crippen molar-refractivity contribution in [3.05, 3.63) is 53.7 Å². The molecule has 6 nitrogen and oxygen atoms in total. The number of rotatable bonds is 2. The molecule has 0 aliphatic carbocycles. The number of amides is 1. The van der Waals surface area contributed by atoms with Gasteiger partial charge in [-0.3, -0.25) is 9.59 Å². The van der Waals surface area contributed by atoms with Crippen LogP contribution in [0.4, 0.5) is 5.82 Å². The average molecular weight is 379 g/mol. The summed E-state index contributed by atoms with van der Waals surface area (Å²) >= 11 is 0. The minimum Gasteiger partial charge on any atom is -0.486 e. The van der Waals surface area contributed by atoms with Crippen LogP contribution < -0.4 is 9.64 Å². The second-order valence-electron chi connectivity index (χ2n) is 7.83. The fraction of sp³-hybridized carbons (Fsp3) is 0.409. The highest BCUT2D eigenvalue weighted by Gasteiger charge is 2.42. The third-order valence-electron chi connectivity index (χ3n) is 5.63. The summed E-state index contributed by atoms with van der Waals surface area (Å²) in [6.07, 6.45) is 4.25. The van der Waals surface area contributed by atoms with Gasteiger partial charge in [-0.25, -0.2) is 4.98 Å². The third kappa shape index (κ3) is 3.46. The standard InChI is InChI=1S/C22H25N3O3/c1-24(2)20-9-8-16(15-23-20)21(27)25-12-5-10-22(11-13-25)14-18(26)17-6-3-4-7-19(17)28-22/h3-4,6-9,15H,5,10-14H2,1-2H3. The van der Waals surface area contributed by atoms with Crippen LogP contribution in [-0.2, 0) is 0 Å². The van der Waals surface area contributed by atoms with E-state index >= 15 is 0 Å². The molecule has 2 aromatic rings. The fourth-order valence-corrected chi connectivity index (χ4v) is 4.05.